The molecule has 24 heavy (non-hydrogen) atoms. The Labute approximate surface area is 138 Å². The molecule has 6 heteroatoms. The molecule has 0 saturated carbocycles. The highest BCUT2D eigenvalue weighted by Crippen LogP contribution is 2.24. The average molecular weight is 318 g/mol. The smallest absolute Gasteiger partial charge is 0.276 e. The third kappa shape index (κ3) is 2.44. The molecule has 2 N–H and O–H groups in total. The van der Waals surface area contributed by atoms with Crippen molar-refractivity contribution in [3.63, 3.8) is 0 Å². The van der Waals surface area contributed by atoms with Gasteiger partial charge in [0.2, 0.25) is 0 Å². The van der Waals surface area contributed by atoms with Crippen LogP contribution in [0.15, 0.2) is 60.8 Å². The standard InChI is InChI=1S/C18H14N4O2/c23-17(15-9-10-22(21-15)13-6-2-1-3-7-13)20-14-8-4-5-12-11-19-18(24)16(12)14/h1-10H,11H2,(H,19,24)(H,20,23). The van der Waals surface area contributed by atoms with E-state index in [0.717, 1.165) is 11.3 Å². The third-order valence-corrected chi connectivity index (χ3v) is 3.91. The Morgan fingerprint density at radius 3 is 2.75 bits per heavy atom. The molecule has 1 aliphatic rings. The van der Waals surface area contributed by atoms with Crippen molar-refractivity contribution in [1.82, 2.24) is 15.1 Å². The predicted octanol–water partition coefficient (Wildman–Crippen LogP) is 2.37. The lowest BCUT2D eigenvalue weighted by atomic mass is 10.1. The molecule has 118 valence electrons. The van der Waals surface area contributed by atoms with Crippen molar-refractivity contribution in [3.05, 3.63) is 77.6 Å². The Bertz CT molecular complexity index is 931. The first-order valence-corrected chi connectivity index (χ1v) is 7.55. The molecule has 0 atom stereocenters. The summed E-state index contributed by atoms with van der Waals surface area (Å²) >= 11 is 0. The highest BCUT2D eigenvalue weighted by Gasteiger charge is 2.23. The van der Waals surface area contributed by atoms with Crippen LogP contribution in [0.4, 0.5) is 5.69 Å². The minimum atomic E-state index is -0.349. The largest absolute Gasteiger partial charge is 0.348 e. The second kappa shape index (κ2) is 5.66. The van der Waals surface area contributed by atoms with Gasteiger partial charge in [-0.1, -0.05) is 30.3 Å². The van der Waals surface area contributed by atoms with Gasteiger partial charge in [0.25, 0.3) is 11.8 Å². The van der Waals surface area contributed by atoms with Gasteiger partial charge in [0.05, 0.1) is 16.9 Å². The first kappa shape index (κ1) is 14.2. The Balaban J connectivity index is 1.59. The lowest BCUT2D eigenvalue weighted by Gasteiger charge is -2.07. The summed E-state index contributed by atoms with van der Waals surface area (Å²) in [7, 11) is 0. The zero-order valence-electron chi connectivity index (χ0n) is 12.7. The van der Waals surface area contributed by atoms with E-state index in [9.17, 15) is 9.59 Å². The quantitative estimate of drug-likeness (QED) is 0.778. The molecule has 0 unspecified atom stereocenters. The van der Waals surface area contributed by atoms with Crippen LogP contribution in [0.3, 0.4) is 0 Å². The van der Waals surface area contributed by atoms with Crippen molar-refractivity contribution < 1.29 is 9.59 Å². The number of hydrogen-bond donors (Lipinski definition) is 2. The highest BCUT2D eigenvalue weighted by atomic mass is 16.2. The number of carbonyl (C=O) groups is 2. The van der Waals surface area contributed by atoms with E-state index < -0.39 is 0 Å². The maximum Gasteiger partial charge on any atom is 0.276 e. The van der Waals surface area contributed by atoms with Gasteiger partial charge in [0.15, 0.2) is 5.69 Å². The number of rotatable bonds is 3. The average Bonchev–Trinajstić information content (AvgIpc) is 3.24. The number of anilines is 1. The summed E-state index contributed by atoms with van der Waals surface area (Å²) in [6.45, 7) is 0.487. The number of carbonyl (C=O) groups excluding carboxylic acids is 2. The van der Waals surface area contributed by atoms with Crippen LogP contribution < -0.4 is 10.6 Å². The van der Waals surface area contributed by atoms with Gasteiger partial charge in [-0.05, 0) is 29.8 Å². The van der Waals surface area contributed by atoms with E-state index in [1.165, 1.54) is 0 Å². The van der Waals surface area contributed by atoms with E-state index in [1.807, 2.05) is 42.5 Å². The van der Waals surface area contributed by atoms with Crippen LogP contribution in [0, 0.1) is 0 Å². The van der Waals surface area contributed by atoms with Gasteiger partial charge in [0.1, 0.15) is 0 Å². The van der Waals surface area contributed by atoms with Gasteiger partial charge in [-0.2, -0.15) is 5.10 Å². The van der Waals surface area contributed by atoms with E-state index in [4.69, 9.17) is 0 Å². The number of amides is 2. The van der Waals surface area contributed by atoms with Crippen molar-refractivity contribution in [3.8, 4) is 5.69 Å². The van der Waals surface area contributed by atoms with E-state index in [2.05, 4.69) is 15.7 Å². The zero-order chi connectivity index (χ0) is 16.5. The molecule has 2 amide bonds. The maximum atomic E-state index is 12.4. The number of nitrogens with one attached hydrogen (secondary N) is 2. The van der Waals surface area contributed by atoms with Crippen molar-refractivity contribution in [1.29, 1.82) is 0 Å². The van der Waals surface area contributed by atoms with Crippen molar-refractivity contribution >= 4 is 17.5 Å². The summed E-state index contributed by atoms with van der Waals surface area (Å²) < 4.78 is 1.64. The minimum Gasteiger partial charge on any atom is -0.348 e. The van der Waals surface area contributed by atoms with Crippen LogP contribution in [-0.4, -0.2) is 21.6 Å². The van der Waals surface area contributed by atoms with Gasteiger partial charge in [-0.15, -0.1) is 0 Å². The van der Waals surface area contributed by atoms with Gasteiger partial charge in [-0.3, -0.25) is 9.59 Å². The number of hydrogen-bond acceptors (Lipinski definition) is 3. The molecular formula is C18H14N4O2. The molecule has 1 aromatic heterocycles. The number of nitrogens with zero attached hydrogens (tertiary/aromatic N) is 2. The first-order valence-electron chi connectivity index (χ1n) is 7.55. The molecular weight excluding hydrogens is 304 g/mol. The van der Waals surface area contributed by atoms with Crippen molar-refractivity contribution in [2.24, 2.45) is 0 Å². The number of para-hydroxylation sites is 1. The topological polar surface area (TPSA) is 76.0 Å². The fourth-order valence-corrected chi connectivity index (χ4v) is 2.74. The Kier molecular flexibility index (Phi) is 3.35. The van der Waals surface area contributed by atoms with Crippen molar-refractivity contribution in [2.75, 3.05) is 5.32 Å². The summed E-state index contributed by atoms with van der Waals surface area (Å²) in [5, 5.41) is 9.83. The molecule has 2 heterocycles. The monoisotopic (exact) mass is 318 g/mol. The summed E-state index contributed by atoms with van der Waals surface area (Å²) in [5.41, 5.74) is 3.06. The summed E-state index contributed by atoms with van der Waals surface area (Å²) in [6, 6.07) is 16.6. The molecule has 0 fully saturated rings. The molecule has 0 aliphatic carbocycles. The number of benzene rings is 2. The van der Waals surface area contributed by atoms with Gasteiger partial charge in [-0.25, -0.2) is 4.68 Å². The summed E-state index contributed by atoms with van der Waals surface area (Å²) in [4.78, 5) is 24.4. The highest BCUT2D eigenvalue weighted by molar-refractivity contribution is 6.09. The van der Waals surface area contributed by atoms with Gasteiger partial charge >= 0.3 is 0 Å². The summed E-state index contributed by atoms with van der Waals surface area (Å²) in [6.07, 6.45) is 1.73. The molecule has 0 bridgehead atoms. The Morgan fingerprint density at radius 2 is 1.92 bits per heavy atom. The van der Waals surface area contributed by atoms with Gasteiger partial charge < -0.3 is 10.6 Å². The molecule has 1 aliphatic heterocycles. The third-order valence-electron chi connectivity index (χ3n) is 3.91. The molecule has 6 nitrogen and oxygen atoms in total. The molecule has 0 radical (unpaired) electrons. The van der Waals surface area contributed by atoms with E-state index in [1.54, 1.807) is 23.0 Å². The van der Waals surface area contributed by atoms with Crippen LogP contribution in [-0.2, 0) is 6.54 Å². The fourth-order valence-electron chi connectivity index (χ4n) is 2.74. The first-order chi connectivity index (χ1) is 11.7. The number of aromatic nitrogens is 2. The summed E-state index contributed by atoms with van der Waals surface area (Å²) in [5.74, 6) is -0.520. The lowest BCUT2D eigenvalue weighted by molar-refractivity contribution is 0.0966. The van der Waals surface area contributed by atoms with E-state index in [0.29, 0.717) is 17.8 Å². The molecule has 3 aromatic rings. The minimum absolute atomic E-state index is 0.171. The molecule has 4 rings (SSSR count). The normalized spacial score (nSPS) is 12.6. The molecule has 2 aromatic carbocycles. The Hall–Kier alpha value is -3.41. The van der Waals surface area contributed by atoms with Crippen LogP contribution in [0.1, 0.15) is 26.4 Å². The maximum absolute atomic E-state index is 12.4. The lowest BCUT2D eigenvalue weighted by Crippen LogP contribution is -2.17. The second-order valence-electron chi connectivity index (χ2n) is 5.46. The van der Waals surface area contributed by atoms with E-state index >= 15 is 0 Å². The van der Waals surface area contributed by atoms with Crippen LogP contribution >= 0.6 is 0 Å². The van der Waals surface area contributed by atoms with Crippen LogP contribution in [0.25, 0.3) is 5.69 Å². The Morgan fingerprint density at radius 1 is 1.08 bits per heavy atom. The van der Waals surface area contributed by atoms with Crippen LogP contribution in [0.2, 0.25) is 0 Å². The number of fused-ring (bicyclic) bond motifs is 1. The second-order valence-corrected chi connectivity index (χ2v) is 5.46. The SMILES string of the molecule is O=C(Nc1cccc2c1C(=O)NC2)c1ccn(-c2ccccc2)n1. The fraction of sp³-hybridized carbons (Fsp3) is 0.0556. The van der Waals surface area contributed by atoms with E-state index in [-0.39, 0.29) is 17.5 Å². The molecule has 0 spiro atoms. The van der Waals surface area contributed by atoms with Crippen molar-refractivity contribution in [2.45, 2.75) is 6.54 Å². The molecule has 0 saturated heterocycles. The predicted molar refractivity (Wildman–Crippen MR) is 89.1 cm³/mol. The zero-order valence-corrected chi connectivity index (χ0v) is 12.7. The van der Waals surface area contributed by atoms with Gasteiger partial charge in [0, 0.05) is 12.7 Å². The van der Waals surface area contributed by atoms with Crippen LogP contribution in [0.5, 0.6) is 0 Å².